The number of hydrogen-bond donors (Lipinski definition) is 0. The summed E-state index contributed by atoms with van der Waals surface area (Å²) in [6, 6.07) is 58.5. The van der Waals surface area contributed by atoms with E-state index in [0.29, 0.717) is 5.84 Å². The van der Waals surface area contributed by atoms with Crippen molar-refractivity contribution in [2.24, 2.45) is 9.98 Å². The van der Waals surface area contributed by atoms with Gasteiger partial charge in [-0.15, -0.1) is 0 Å². The number of para-hydroxylation sites is 1. The van der Waals surface area contributed by atoms with Crippen LogP contribution in [0.3, 0.4) is 0 Å². The van der Waals surface area contributed by atoms with Gasteiger partial charge in [0.2, 0.25) is 0 Å². The third kappa shape index (κ3) is 5.90. The summed E-state index contributed by atoms with van der Waals surface area (Å²) in [6.45, 7) is 4.08. The van der Waals surface area contributed by atoms with Gasteiger partial charge in [0.25, 0.3) is 0 Å². The Hall–Kier alpha value is -6.91. The molecule has 0 saturated carbocycles. The third-order valence-corrected chi connectivity index (χ3v) is 9.86. The van der Waals surface area contributed by atoms with Gasteiger partial charge in [-0.1, -0.05) is 140 Å². The number of benzene rings is 7. The van der Waals surface area contributed by atoms with E-state index >= 15 is 0 Å². The van der Waals surface area contributed by atoms with Crippen LogP contribution in [-0.2, 0) is 0 Å². The van der Waals surface area contributed by atoms with Crippen LogP contribution in [0.15, 0.2) is 190 Å². The fraction of sp³-hybridized carbons (Fsp3) is 0.0408. The maximum atomic E-state index is 6.57. The van der Waals surface area contributed by atoms with Crippen molar-refractivity contribution < 1.29 is 4.42 Å². The monoisotopic (exact) mass is 681 g/mol. The maximum Gasteiger partial charge on any atom is 0.160 e. The van der Waals surface area contributed by atoms with E-state index in [1.54, 1.807) is 0 Å². The first-order chi connectivity index (χ1) is 26.2. The summed E-state index contributed by atoms with van der Waals surface area (Å²) < 4.78 is 6.57. The van der Waals surface area contributed by atoms with Crippen molar-refractivity contribution >= 4 is 60.9 Å². The summed E-state index contributed by atoms with van der Waals surface area (Å²) in [6.07, 6.45) is 2.07. The molecule has 53 heavy (non-hydrogen) atoms. The number of aromatic nitrogens is 1. The minimum atomic E-state index is 0.616. The van der Waals surface area contributed by atoms with Crippen LogP contribution in [0.25, 0.3) is 71.7 Å². The quantitative estimate of drug-likeness (QED) is 0.0996. The molecule has 0 saturated heterocycles. The Bertz CT molecular complexity index is 2890. The van der Waals surface area contributed by atoms with Crippen molar-refractivity contribution in [3.8, 4) is 22.4 Å². The van der Waals surface area contributed by atoms with Crippen LogP contribution in [0, 0.1) is 0 Å². The Balaban J connectivity index is 1.31. The second-order valence-electron chi connectivity index (χ2n) is 13.1. The Kier molecular flexibility index (Phi) is 8.26. The summed E-state index contributed by atoms with van der Waals surface area (Å²) in [4.78, 5) is 15.9. The molecule has 0 radical (unpaired) electrons. The molecule has 252 valence electrons. The van der Waals surface area contributed by atoms with Gasteiger partial charge in [0.15, 0.2) is 5.84 Å². The number of nitrogens with zero attached hydrogens (tertiary/aromatic N) is 3. The minimum Gasteiger partial charge on any atom is -0.456 e. The Labute approximate surface area is 308 Å². The number of aliphatic imine (C=N–C) groups is 2. The van der Waals surface area contributed by atoms with Crippen molar-refractivity contribution in [1.29, 1.82) is 0 Å². The number of furan rings is 1. The third-order valence-electron chi connectivity index (χ3n) is 9.86. The molecule has 9 aromatic rings. The summed E-state index contributed by atoms with van der Waals surface area (Å²) in [5.74, 6) is 0.616. The van der Waals surface area contributed by atoms with Crippen molar-refractivity contribution in [2.45, 2.75) is 13.8 Å². The van der Waals surface area contributed by atoms with Crippen molar-refractivity contribution in [2.75, 3.05) is 0 Å². The van der Waals surface area contributed by atoms with Crippen LogP contribution in [0.4, 0.5) is 0 Å². The van der Waals surface area contributed by atoms with Crippen molar-refractivity contribution in [3.05, 3.63) is 193 Å². The molecule has 0 fully saturated rings. The van der Waals surface area contributed by atoms with E-state index < -0.39 is 0 Å². The highest BCUT2D eigenvalue weighted by atomic mass is 16.3. The van der Waals surface area contributed by atoms with Gasteiger partial charge in [-0.3, -0.25) is 0 Å². The number of pyridine rings is 1. The zero-order valence-corrected chi connectivity index (χ0v) is 29.5. The van der Waals surface area contributed by atoms with Gasteiger partial charge in [-0.05, 0) is 72.3 Å². The molecule has 0 aliphatic carbocycles. The highest BCUT2D eigenvalue weighted by Crippen LogP contribution is 2.42. The van der Waals surface area contributed by atoms with E-state index in [1.165, 1.54) is 0 Å². The van der Waals surface area contributed by atoms with E-state index in [1.807, 2.05) is 56.3 Å². The highest BCUT2D eigenvalue weighted by Gasteiger charge is 2.19. The SMILES string of the molecule is C\C=C(/N=C(\N=C(/C)c1ccccc1)c1ccc2oc3ccc4c5ccccc5nc(-c5ccccc5)c4c3c2c1)c1ccccc1-c1ccccc1. The lowest BCUT2D eigenvalue weighted by molar-refractivity contribution is 0.669. The van der Waals surface area contributed by atoms with E-state index in [0.717, 1.165) is 94.1 Å². The molecule has 0 unspecified atom stereocenters. The molecule has 0 N–H and O–H groups in total. The topological polar surface area (TPSA) is 50.8 Å². The van der Waals surface area contributed by atoms with Crippen LogP contribution in [0.2, 0.25) is 0 Å². The first-order valence-corrected chi connectivity index (χ1v) is 17.9. The molecular formula is C49H35N3O. The number of fused-ring (bicyclic) bond motifs is 7. The molecule has 4 heteroatoms. The molecule has 4 nitrogen and oxygen atoms in total. The standard InChI is InChI=1S/C49H35N3O/c1-3-42(38-24-14-13-23-37(38)34-19-9-5-10-20-34)52-49(50-32(2)33-17-7-4-8-18-33)36-27-29-44-41(31-36)46-45(53-44)30-28-40-39-25-15-16-26-43(39)51-48(47(40)46)35-21-11-6-12-22-35/h3-31H,1-2H3/b42-3-,50-32+,52-49-. The van der Waals surface area contributed by atoms with Crippen LogP contribution in [-0.4, -0.2) is 16.5 Å². The molecule has 2 aromatic heterocycles. The molecule has 0 aliphatic rings. The first kappa shape index (κ1) is 32.0. The van der Waals surface area contributed by atoms with E-state index in [4.69, 9.17) is 19.4 Å². The number of amidine groups is 1. The summed E-state index contributed by atoms with van der Waals surface area (Å²) in [5, 5.41) is 5.33. The van der Waals surface area contributed by atoms with Gasteiger partial charge >= 0.3 is 0 Å². The van der Waals surface area contributed by atoms with Crippen LogP contribution in [0.1, 0.15) is 30.5 Å². The Morgan fingerprint density at radius 2 is 1.21 bits per heavy atom. The minimum absolute atomic E-state index is 0.616. The highest BCUT2D eigenvalue weighted by molar-refractivity contribution is 6.27. The van der Waals surface area contributed by atoms with Gasteiger partial charge in [-0.25, -0.2) is 15.0 Å². The second-order valence-corrected chi connectivity index (χ2v) is 13.1. The maximum absolute atomic E-state index is 6.57. The molecule has 7 aromatic carbocycles. The molecule has 0 atom stereocenters. The number of rotatable bonds is 6. The lowest BCUT2D eigenvalue weighted by Crippen LogP contribution is -2.04. The van der Waals surface area contributed by atoms with Crippen LogP contribution < -0.4 is 0 Å². The van der Waals surface area contributed by atoms with Gasteiger partial charge < -0.3 is 4.42 Å². The van der Waals surface area contributed by atoms with Gasteiger partial charge in [-0.2, -0.15) is 0 Å². The van der Waals surface area contributed by atoms with E-state index in [9.17, 15) is 0 Å². The van der Waals surface area contributed by atoms with Crippen LogP contribution in [0.5, 0.6) is 0 Å². The lowest BCUT2D eigenvalue weighted by Gasteiger charge is -2.13. The average molecular weight is 682 g/mol. The smallest absolute Gasteiger partial charge is 0.160 e. The molecular weight excluding hydrogens is 647 g/mol. The lowest BCUT2D eigenvalue weighted by atomic mass is 9.95. The predicted molar refractivity (Wildman–Crippen MR) is 223 cm³/mol. The summed E-state index contributed by atoms with van der Waals surface area (Å²) in [7, 11) is 0. The first-order valence-electron chi connectivity index (χ1n) is 17.9. The molecule has 2 heterocycles. The Morgan fingerprint density at radius 1 is 0.547 bits per heavy atom. The number of allylic oxidation sites excluding steroid dienone is 1. The zero-order valence-electron chi connectivity index (χ0n) is 29.5. The number of hydrogen-bond acceptors (Lipinski definition) is 3. The molecule has 0 bridgehead atoms. The second kappa shape index (κ2) is 13.7. The van der Waals surface area contributed by atoms with E-state index in [2.05, 4.69) is 133 Å². The van der Waals surface area contributed by atoms with Gasteiger partial charge in [0, 0.05) is 43.9 Å². The molecule has 0 aliphatic heterocycles. The fourth-order valence-corrected chi connectivity index (χ4v) is 7.29. The summed E-state index contributed by atoms with van der Waals surface area (Å²) in [5.41, 5.74) is 11.5. The normalized spacial score (nSPS) is 12.7. The van der Waals surface area contributed by atoms with Gasteiger partial charge in [0.05, 0.1) is 16.9 Å². The Morgan fingerprint density at radius 3 is 1.98 bits per heavy atom. The predicted octanol–water partition coefficient (Wildman–Crippen LogP) is 12.9. The molecule has 9 rings (SSSR count). The molecule has 0 spiro atoms. The molecule has 0 amide bonds. The summed E-state index contributed by atoms with van der Waals surface area (Å²) >= 11 is 0. The zero-order chi connectivity index (χ0) is 35.7. The fourth-order valence-electron chi connectivity index (χ4n) is 7.29. The van der Waals surface area contributed by atoms with Crippen molar-refractivity contribution in [3.63, 3.8) is 0 Å². The van der Waals surface area contributed by atoms with E-state index in [-0.39, 0.29) is 0 Å². The van der Waals surface area contributed by atoms with Crippen LogP contribution >= 0.6 is 0 Å². The van der Waals surface area contributed by atoms with Crippen molar-refractivity contribution in [1.82, 2.24) is 4.98 Å². The largest absolute Gasteiger partial charge is 0.456 e. The average Bonchev–Trinajstić information content (AvgIpc) is 3.61. The van der Waals surface area contributed by atoms with Gasteiger partial charge in [0.1, 0.15) is 11.2 Å².